The molecule has 0 aromatic heterocycles. The zero-order chi connectivity index (χ0) is 11.6. The minimum Gasteiger partial charge on any atom is -0.263 e. The molecule has 0 saturated heterocycles. The fraction of sp³-hybridized carbons (Fsp3) is 0.462. The summed E-state index contributed by atoms with van der Waals surface area (Å²) in [6, 6.07) is 7.91. The lowest BCUT2D eigenvalue weighted by atomic mass is 10.0. The minimum absolute atomic E-state index is 0.150. The molecule has 0 aliphatic rings. The van der Waals surface area contributed by atoms with E-state index in [1.165, 1.54) is 5.56 Å². The van der Waals surface area contributed by atoms with E-state index in [0.717, 1.165) is 5.56 Å². The summed E-state index contributed by atoms with van der Waals surface area (Å²) >= 11 is 0. The number of nitrogens with zero attached hydrogens (tertiary/aromatic N) is 1. The van der Waals surface area contributed by atoms with Gasteiger partial charge in [-0.2, -0.15) is 0 Å². The predicted octanol–water partition coefficient (Wildman–Crippen LogP) is 2.66. The fourth-order valence-corrected chi connectivity index (χ4v) is 1.42. The summed E-state index contributed by atoms with van der Waals surface area (Å²) in [7, 11) is 5.68. The first kappa shape index (κ1) is 11.9. The van der Waals surface area contributed by atoms with Crippen LogP contribution < -0.4 is 0 Å². The van der Waals surface area contributed by atoms with Crippen LogP contribution in [0, 0.1) is 0 Å². The lowest BCUT2D eigenvalue weighted by molar-refractivity contribution is -0.785. The van der Waals surface area contributed by atoms with Gasteiger partial charge in [0, 0.05) is 0 Å². The van der Waals surface area contributed by atoms with E-state index in [1.54, 1.807) is 0 Å². The van der Waals surface area contributed by atoms with E-state index < -0.39 is 0 Å². The van der Waals surface area contributed by atoms with Gasteiger partial charge in [0.15, 0.2) is 0 Å². The van der Waals surface area contributed by atoms with Crippen LogP contribution >= 0.6 is 0 Å². The summed E-state index contributed by atoms with van der Waals surface area (Å²) in [6.07, 6.45) is 0. The van der Waals surface area contributed by atoms with Crippen LogP contribution in [-0.4, -0.2) is 31.5 Å². The Morgan fingerprint density at radius 3 is 2.27 bits per heavy atom. The zero-order valence-electron chi connectivity index (χ0n) is 10.2. The average molecular weight is 206 g/mol. The lowest BCUT2D eigenvalue weighted by Gasteiger charge is -2.21. The molecule has 1 aromatic carbocycles. The molecule has 15 heavy (non-hydrogen) atoms. The molecule has 0 spiro atoms. The first-order valence-corrected chi connectivity index (χ1v) is 5.28. The highest BCUT2D eigenvalue weighted by Crippen LogP contribution is 2.17. The second-order valence-corrected chi connectivity index (χ2v) is 5.10. The maximum Gasteiger partial charge on any atom is 0.345 e. The first-order valence-electron chi connectivity index (χ1n) is 5.28. The normalized spacial score (nSPS) is 11.9. The van der Waals surface area contributed by atoms with Gasteiger partial charge in [0.1, 0.15) is 0 Å². The van der Waals surface area contributed by atoms with Gasteiger partial charge < -0.3 is 0 Å². The Balaban J connectivity index is 3.06. The number of carbonyl (C=O) groups excluding carboxylic acids is 1. The molecule has 0 aliphatic carbocycles. The van der Waals surface area contributed by atoms with E-state index in [4.69, 9.17) is 0 Å². The summed E-state index contributed by atoms with van der Waals surface area (Å²) in [5, 5.41) is 0. The van der Waals surface area contributed by atoms with Gasteiger partial charge in [0.2, 0.25) is 0 Å². The van der Waals surface area contributed by atoms with E-state index in [0.29, 0.717) is 10.4 Å². The van der Waals surface area contributed by atoms with E-state index in [-0.39, 0.29) is 5.91 Å². The number of quaternary nitrogens is 1. The summed E-state index contributed by atoms with van der Waals surface area (Å²) in [4.78, 5) is 12.0. The van der Waals surface area contributed by atoms with Crippen molar-refractivity contribution in [2.75, 3.05) is 21.1 Å². The SMILES string of the molecule is CC(C)c1cccc(C(=O)[N+](C)(C)C)c1. The van der Waals surface area contributed by atoms with Gasteiger partial charge in [-0.3, -0.25) is 4.48 Å². The Bertz CT molecular complexity index is 361. The number of hydrogen-bond acceptors (Lipinski definition) is 1. The molecule has 0 N–H and O–H groups in total. The Hall–Kier alpha value is -1.15. The molecule has 0 atom stereocenters. The second-order valence-electron chi connectivity index (χ2n) is 5.10. The molecule has 82 valence electrons. The number of carbonyl (C=O) groups is 1. The highest BCUT2D eigenvalue weighted by Gasteiger charge is 2.22. The van der Waals surface area contributed by atoms with Gasteiger partial charge >= 0.3 is 5.91 Å². The van der Waals surface area contributed by atoms with Crippen LogP contribution in [0.3, 0.4) is 0 Å². The molecule has 0 radical (unpaired) electrons. The van der Waals surface area contributed by atoms with Crippen molar-refractivity contribution in [1.29, 1.82) is 0 Å². The molecule has 0 fully saturated rings. The molecule has 0 unspecified atom stereocenters. The average Bonchev–Trinajstić information content (AvgIpc) is 2.15. The summed E-state index contributed by atoms with van der Waals surface area (Å²) in [5.74, 6) is 0.614. The van der Waals surface area contributed by atoms with Crippen LogP contribution in [0.15, 0.2) is 24.3 Å². The van der Waals surface area contributed by atoms with Crippen LogP contribution in [0.5, 0.6) is 0 Å². The topological polar surface area (TPSA) is 17.1 Å². The van der Waals surface area contributed by atoms with Crippen molar-refractivity contribution in [2.24, 2.45) is 0 Å². The standard InChI is InChI=1S/C13H20NO/c1-10(2)11-7-6-8-12(9-11)13(15)14(3,4)5/h6-10H,1-5H3/q+1. The van der Waals surface area contributed by atoms with Gasteiger partial charge in [-0.1, -0.05) is 26.0 Å². The highest BCUT2D eigenvalue weighted by molar-refractivity contribution is 5.88. The van der Waals surface area contributed by atoms with Crippen molar-refractivity contribution in [3.05, 3.63) is 35.4 Å². The van der Waals surface area contributed by atoms with E-state index in [2.05, 4.69) is 19.9 Å². The van der Waals surface area contributed by atoms with Gasteiger partial charge in [-0.25, -0.2) is 4.79 Å². The Labute approximate surface area is 92.1 Å². The van der Waals surface area contributed by atoms with Gasteiger partial charge in [-0.05, 0) is 23.6 Å². The molecule has 1 rings (SSSR count). The van der Waals surface area contributed by atoms with Crippen molar-refractivity contribution in [1.82, 2.24) is 0 Å². The van der Waals surface area contributed by atoms with Crippen LogP contribution in [-0.2, 0) is 0 Å². The van der Waals surface area contributed by atoms with Gasteiger partial charge in [0.05, 0.1) is 26.7 Å². The molecule has 1 aromatic rings. The van der Waals surface area contributed by atoms with Crippen LogP contribution in [0.4, 0.5) is 0 Å². The fourth-order valence-electron chi connectivity index (χ4n) is 1.42. The third-order valence-corrected chi connectivity index (χ3v) is 2.41. The molecule has 2 nitrogen and oxygen atoms in total. The molecule has 0 heterocycles. The highest BCUT2D eigenvalue weighted by atomic mass is 16.2. The maximum atomic E-state index is 12.0. The Kier molecular flexibility index (Phi) is 3.30. The number of hydrogen-bond donors (Lipinski definition) is 0. The molecule has 0 aliphatic heterocycles. The number of benzene rings is 1. The van der Waals surface area contributed by atoms with Gasteiger partial charge in [-0.15, -0.1) is 0 Å². The lowest BCUT2D eigenvalue weighted by Crippen LogP contribution is -2.41. The smallest absolute Gasteiger partial charge is 0.263 e. The molecular weight excluding hydrogens is 186 g/mol. The summed E-state index contributed by atoms with van der Waals surface area (Å²) in [5.41, 5.74) is 2.02. The Morgan fingerprint density at radius 1 is 1.20 bits per heavy atom. The summed E-state index contributed by atoms with van der Waals surface area (Å²) < 4.78 is 0.335. The Morgan fingerprint density at radius 2 is 1.80 bits per heavy atom. The molecule has 1 amide bonds. The predicted molar refractivity (Wildman–Crippen MR) is 62.9 cm³/mol. The molecular formula is C13H20NO+. The van der Waals surface area contributed by atoms with E-state index in [9.17, 15) is 4.79 Å². The van der Waals surface area contributed by atoms with E-state index >= 15 is 0 Å². The van der Waals surface area contributed by atoms with Gasteiger partial charge in [0.25, 0.3) is 0 Å². The van der Waals surface area contributed by atoms with Crippen molar-refractivity contribution < 1.29 is 9.28 Å². The number of rotatable bonds is 2. The number of amides is 1. The first-order chi connectivity index (χ1) is 6.82. The van der Waals surface area contributed by atoms with Crippen molar-refractivity contribution in [2.45, 2.75) is 19.8 Å². The van der Waals surface area contributed by atoms with E-state index in [1.807, 2.05) is 39.3 Å². The largest absolute Gasteiger partial charge is 0.345 e. The van der Waals surface area contributed by atoms with Crippen LogP contribution in [0.2, 0.25) is 0 Å². The molecule has 0 bridgehead atoms. The third-order valence-electron chi connectivity index (χ3n) is 2.41. The molecule has 0 saturated carbocycles. The third kappa shape index (κ3) is 2.90. The van der Waals surface area contributed by atoms with Crippen LogP contribution in [0.25, 0.3) is 0 Å². The van der Waals surface area contributed by atoms with Crippen molar-refractivity contribution >= 4 is 5.91 Å². The van der Waals surface area contributed by atoms with Crippen molar-refractivity contribution in [3.63, 3.8) is 0 Å². The van der Waals surface area contributed by atoms with Crippen LogP contribution in [0.1, 0.15) is 35.7 Å². The zero-order valence-corrected chi connectivity index (χ0v) is 10.2. The van der Waals surface area contributed by atoms with Crippen molar-refractivity contribution in [3.8, 4) is 0 Å². The second kappa shape index (κ2) is 4.15. The minimum atomic E-state index is 0.150. The quantitative estimate of drug-likeness (QED) is 0.680. The maximum absolute atomic E-state index is 12.0. The summed E-state index contributed by atoms with van der Waals surface area (Å²) in [6.45, 7) is 4.27. The molecule has 2 heteroatoms. The monoisotopic (exact) mass is 206 g/mol.